The van der Waals surface area contributed by atoms with E-state index in [0.717, 1.165) is 32.6 Å². The summed E-state index contributed by atoms with van der Waals surface area (Å²) in [7, 11) is 0. The molecule has 96 valence electrons. The minimum absolute atomic E-state index is 0.0934. The Morgan fingerprint density at radius 1 is 1.28 bits per heavy atom. The molecule has 0 saturated carbocycles. The predicted octanol–water partition coefficient (Wildman–Crippen LogP) is 1.16. The van der Waals surface area contributed by atoms with Crippen LogP contribution in [0.1, 0.15) is 17.9 Å². The van der Waals surface area contributed by atoms with Gasteiger partial charge in [-0.15, -0.1) is 0 Å². The van der Waals surface area contributed by atoms with Crippen molar-refractivity contribution in [1.29, 1.82) is 0 Å². The van der Waals surface area contributed by atoms with E-state index in [1.165, 1.54) is 5.56 Å². The van der Waals surface area contributed by atoms with Gasteiger partial charge >= 0.3 is 6.03 Å². The summed E-state index contributed by atoms with van der Waals surface area (Å²) in [5.41, 5.74) is 1.34. The molecule has 18 heavy (non-hydrogen) atoms. The second kappa shape index (κ2) is 4.98. The summed E-state index contributed by atoms with van der Waals surface area (Å²) < 4.78 is 0. The van der Waals surface area contributed by atoms with Crippen LogP contribution in [0.15, 0.2) is 30.3 Å². The molecule has 2 amide bonds. The molecule has 2 aliphatic rings. The first kappa shape index (κ1) is 11.5. The highest BCUT2D eigenvalue weighted by Crippen LogP contribution is 2.26. The fourth-order valence-electron chi connectivity index (χ4n) is 2.62. The monoisotopic (exact) mass is 245 g/mol. The van der Waals surface area contributed by atoms with Crippen molar-refractivity contribution in [2.75, 3.05) is 26.2 Å². The van der Waals surface area contributed by atoms with Crippen LogP contribution in [0.2, 0.25) is 0 Å². The van der Waals surface area contributed by atoms with E-state index in [9.17, 15) is 4.79 Å². The number of likely N-dealkylation sites (tertiary alicyclic amines) is 1. The van der Waals surface area contributed by atoms with Crippen molar-refractivity contribution in [1.82, 2.24) is 15.5 Å². The molecule has 1 aromatic carbocycles. The Morgan fingerprint density at radius 3 is 2.72 bits per heavy atom. The van der Waals surface area contributed by atoms with Crippen molar-refractivity contribution in [3.05, 3.63) is 35.9 Å². The molecule has 4 nitrogen and oxygen atoms in total. The van der Waals surface area contributed by atoms with Crippen molar-refractivity contribution in [2.45, 2.75) is 18.4 Å². The third-order valence-electron chi connectivity index (χ3n) is 3.83. The lowest BCUT2D eigenvalue weighted by Crippen LogP contribution is -2.54. The topological polar surface area (TPSA) is 44.4 Å². The van der Waals surface area contributed by atoms with E-state index in [4.69, 9.17) is 0 Å². The average Bonchev–Trinajstić information content (AvgIpc) is 2.81. The van der Waals surface area contributed by atoms with Crippen molar-refractivity contribution in [2.24, 2.45) is 0 Å². The van der Waals surface area contributed by atoms with E-state index in [-0.39, 0.29) is 6.03 Å². The number of urea groups is 1. The maximum Gasteiger partial charge on any atom is 0.317 e. The van der Waals surface area contributed by atoms with Gasteiger partial charge in [0.1, 0.15) is 0 Å². The largest absolute Gasteiger partial charge is 0.334 e. The summed E-state index contributed by atoms with van der Waals surface area (Å²) in [6, 6.07) is 10.8. The summed E-state index contributed by atoms with van der Waals surface area (Å²) in [6.45, 7) is 3.60. The van der Waals surface area contributed by atoms with Gasteiger partial charge in [0.05, 0.1) is 0 Å². The molecule has 2 N–H and O–H groups in total. The average molecular weight is 245 g/mol. The first-order valence-electron chi connectivity index (χ1n) is 6.64. The van der Waals surface area contributed by atoms with E-state index in [1.54, 1.807) is 0 Å². The first-order valence-corrected chi connectivity index (χ1v) is 6.64. The fraction of sp³-hybridized carbons (Fsp3) is 0.500. The Hall–Kier alpha value is -1.55. The smallest absolute Gasteiger partial charge is 0.317 e. The Labute approximate surface area is 107 Å². The Balaban J connectivity index is 1.48. The van der Waals surface area contributed by atoms with Gasteiger partial charge in [-0.3, -0.25) is 0 Å². The quantitative estimate of drug-likeness (QED) is 0.821. The Morgan fingerprint density at radius 2 is 2.06 bits per heavy atom. The molecule has 0 spiro atoms. The molecule has 0 aromatic heterocycles. The molecule has 0 bridgehead atoms. The molecule has 0 aliphatic carbocycles. The summed E-state index contributed by atoms with van der Waals surface area (Å²) in [4.78, 5) is 13.8. The van der Waals surface area contributed by atoms with Crippen molar-refractivity contribution >= 4 is 6.03 Å². The second-order valence-electron chi connectivity index (χ2n) is 5.15. The number of nitrogens with one attached hydrogen (secondary N) is 2. The van der Waals surface area contributed by atoms with Crippen molar-refractivity contribution < 1.29 is 4.79 Å². The predicted molar refractivity (Wildman–Crippen MR) is 70.6 cm³/mol. The zero-order chi connectivity index (χ0) is 12.4. The minimum atomic E-state index is 0.0934. The van der Waals surface area contributed by atoms with Crippen LogP contribution in [0.25, 0.3) is 0 Å². The number of carbonyl (C=O) groups is 1. The van der Waals surface area contributed by atoms with Gasteiger partial charge in [-0.1, -0.05) is 30.3 Å². The van der Waals surface area contributed by atoms with E-state index >= 15 is 0 Å². The van der Waals surface area contributed by atoms with Gasteiger partial charge in [0, 0.05) is 31.6 Å². The lowest BCUT2D eigenvalue weighted by molar-refractivity contribution is 0.148. The molecule has 2 aliphatic heterocycles. The number of benzene rings is 1. The summed E-state index contributed by atoms with van der Waals surface area (Å²) >= 11 is 0. The van der Waals surface area contributed by atoms with Crippen LogP contribution < -0.4 is 10.6 Å². The van der Waals surface area contributed by atoms with Crippen LogP contribution in [0, 0.1) is 0 Å². The van der Waals surface area contributed by atoms with Crippen molar-refractivity contribution in [3.63, 3.8) is 0 Å². The molecular weight excluding hydrogens is 226 g/mol. The second-order valence-corrected chi connectivity index (χ2v) is 5.15. The summed E-state index contributed by atoms with van der Waals surface area (Å²) in [5.74, 6) is 0.513. The zero-order valence-corrected chi connectivity index (χ0v) is 10.4. The molecule has 3 rings (SSSR count). The Bertz CT molecular complexity index is 408. The Kier molecular flexibility index (Phi) is 3.19. The number of hydrogen-bond acceptors (Lipinski definition) is 2. The van der Waals surface area contributed by atoms with Gasteiger partial charge in [-0.25, -0.2) is 4.79 Å². The minimum Gasteiger partial charge on any atom is -0.334 e. The highest BCUT2D eigenvalue weighted by Gasteiger charge is 2.32. The normalized spacial score (nSPS) is 23.8. The van der Waals surface area contributed by atoms with E-state index in [2.05, 4.69) is 34.9 Å². The van der Waals surface area contributed by atoms with Gasteiger partial charge in [0.15, 0.2) is 0 Å². The zero-order valence-electron chi connectivity index (χ0n) is 10.4. The maximum atomic E-state index is 11.9. The number of nitrogens with zero attached hydrogens (tertiary/aromatic N) is 1. The van der Waals surface area contributed by atoms with Crippen LogP contribution in [0.3, 0.4) is 0 Å². The number of rotatable bonds is 2. The highest BCUT2D eigenvalue weighted by atomic mass is 16.2. The molecule has 2 fully saturated rings. The molecule has 1 aromatic rings. The van der Waals surface area contributed by atoms with Gasteiger partial charge in [0.25, 0.3) is 0 Å². The van der Waals surface area contributed by atoms with Crippen LogP contribution in [-0.4, -0.2) is 43.2 Å². The van der Waals surface area contributed by atoms with E-state index < -0.39 is 0 Å². The molecule has 0 radical (unpaired) electrons. The van der Waals surface area contributed by atoms with E-state index in [1.807, 2.05) is 11.0 Å². The van der Waals surface area contributed by atoms with Gasteiger partial charge in [-0.05, 0) is 18.5 Å². The molecule has 2 heterocycles. The van der Waals surface area contributed by atoms with Crippen LogP contribution in [-0.2, 0) is 0 Å². The van der Waals surface area contributed by atoms with Crippen LogP contribution in [0.4, 0.5) is 4.79 Å². The maximum absolute atomic E-state index is 11.9. The van der Waals surface area contributed by atoms with Gasteiger partial charge < -0.3 is 15.5 Å². The highest BCUT2D eigenvalue weighted by molar-refractivity contribution is 5.75. The summed E-state index contributed by atoms with van der Waals surface area (Å²) in [5, 5.41) is 6.33. The molecule has 2 saturated heterocycles. The van der Waals surface area contributed by atoms with Crippen LogP contribution in [0.5, 0.6) is 0 Å². The van der Waals surface area contributed by atoms with Crippen molar-refractivity contribution in [3.8, 4) is 0 Å². The van der Waals surface area contributed by atoms with Crippen LogP contribution >= 0.6 is 0 Å². The molecule has 4 heteroatoms. The lowest BCUT2D eigenvalue weighted by atomic mass is 9.92. The third-order valence-corrected chi connectivity index (χ3v) is 3.83. The van der Waals surface area contributed by atoms with Gasteiger partial charge in [0.2, 0.25) is 0 Å². The fourth-order valence-corrected chi connectivity index (χ4v) is 2.62. The first-order chi connectivity index (χ1) is 8.83. The lowest BCUT2D eigenvalue weighted by Gasteiger charge is -2.40. The SMILES string of the molecule is O=C(N[C@@H]1CCNC1)N1CC(c2ccccc2)C1. The summed E-state index contributed by atoms with van der Waals surface area (Å²) in [6.07, 6.45) is 1.04. The third kappa shape index (κ3) is 2.34. The molecule has 0 unspecified atom stereocenters. The van der Waals surface area contributed by atoms with E-state index in [0.29, 0.717) is 12.0 Å². The number of carbonyl (C=O) groups excluding carboxylic acids is 1. The number of amides is 2. The number of hydrogen-bond donors (Lipinski definition) is 2. The standard InChI is InChI=1S/C14H19N3O/c18-14(16-13-6-7-15-8-13)17-9-12(10-17)11-4-2-1-3-5-11/h1-5,12-13,15H,6-10H2,(H,16,18)/t13-/m1/s1. The molecule has 1 atom stereocenters. The van der Waals surface area contributed by atoms with Gasteiger partial charge in [-0.2, -0.15) is 0 Å². The molecular formula is C14H19N3O.